The van der Waals surface area contributed by atoms with E-state index in [0.29, 0.717) is 17.8 Å². The van der Waals surface area contributed by atoms with Crippen LogP contribution in [0.3, 0.4) is 0 Å². The molecule has 3 atom stereocenters. The molecule has 0 N–H and O–H groups in total. The Bertz CT molecular complexity index is 300. The molecule has 0 saturated heterocycles. The first-order valence-corrected chi connectivity index (χ1v) is 8.08. The van der Waals surface area contributed by atoms with Crippen molar-refractivity contribution in [2.24, 2.45) is 17.8 Å². The number of esters is 1. The fourth-order valence-corrected chi connectivity index (χ4v) is 3.01. The van der Waals surface area contributed by atoms with Gasteiger partial charge in [0.05, 0.1) is 0 Å². The van der Waals surface area contributed by atoms with E-state index in [-0.39, 0.29) is 24.9 Å². The molecular formula is C14H23Cl3O2. The fourth-order valence-electron chi connectivity index (χ4n) is 2.72. The van der Waals surface area contributed by atoms with Gasteiger partial charge in [-0.1, -0.05) is 62.0 Å². The quantitative estimate of drug-likeness (QED) is 0.527. The number of alkyl halides is 3. The summed E-state index contributed by atoms with van der Waals surface area (Å²) in [6.07, 6.45) is 3.66. The number of carbonyl (C=O) groups is 1. The van der Waals surface area contributed by atoms with Crippen molar-refractivity contribution in [1.29, 1.82) is 0 Å². The first-order valence-electron chi connectivity index (χ1n) is 6.95. The van der Waals surface area contributed by atoms with Crippen LogP contribution in [-0.4, -0.2) is 15.9 Å². The number of rotatable bonds is 4. The summed E-state index contributed by atoms with van der Waals surface area (Å²) in [6, 6.07) is 0. The Labute approximate surface area is 131 Å². The Kier molecular flexibility index (Phi) is 6.75. The fraction of sp³-hybridized carbons (Fsp3) is 0.929. The van der Waals surface area contributed by atoms with Gasteiger partial charge >= 0.3 is 5.97 Å². The largest absolute Gasteiger partial charge is 0.462 e. The highest BCUT2D eigenvalue weighted by Crippen LogP contribution is 2.36. The van der Waals surface area contributed by atoms with Crippen molar-refractivity contribution < 1.29 is 9.53 Å². The molecule has 0 bridgehead atoms. The Balaban J connectivity index is 2.49. The van der Waals surface area contributed by atoms with E-state index in [4.69, 9.17) is 39.5 Å². The lowest BCUT2D eigenvalue weighted by Gasteiger charge is -2.36. The van der Waals surface area contributed by atoms with Crippen molar-refractivity contribution in [3.05, 3.63) is 0 Å². The second-order valence-corrected chi connectivity index (χ2v) is 8.49. The molecule has 0 radical (unpaired) electrons. The maximum absolute atomic E-state index is 11.8. The molecule has 1 saturated carbocycles. The molecule has 0 aromatic carbocycles. The average Bonchev–Trinajstić information content (AvgIpc) is 2.25. The molecule has 1 fully saturated rings. The molecule has 0 aliphatic heterocycles. The average molecular weight is 330 g/mol. The predicted octanol–water partition coefficient (Wildman–Crippen LogP) is 5.14. The van der Waals surface area contributed by atoms with Gasteiger partial charge < -0.3 is 4.74 Å². The van der Waals surface area contributed by atoms with Crippen molar-refractivity contribution in [2.75, 3.05) is 0 Å². The zero-order chi connectivity index (χ0) is 14.6. The SMILES string of the molecule is CC(C)[C@@H]1CC[C@@H](C)C[C@H]1OC(=O)CCC(Cl)(Cl)Cl. The second-order valence-electron chi connectivity index (χ2n) is 5.97. The summed E-state index contributed by atoms with van der Waals surface area (Å²) in [7, 11) is 0. The molecular weight excluding hydrogens is 307 g/mol. The number of halogens is 3. The lowest BCUT2D eigenvalue weighted by Crippen LogP contribution is -2.36. The molecule has 1 aliphatic carbocycles. The van der Waals surface area contributed by atoms with Crippen LogP contribution in [0.15, 0.2) is 0 Å². The molecule has 5 heteroatoms. The van der Waals surface area contributed by atoms with Crippen LogP contribution in [0.2, 0.25) is 0 Å². The highest BCUT2D eigenvalue weighted by molar-refractivity contribution is 6.67. The van der Waals surface area contributed by atoms with E-state index >= 15 is 0 Å². The van der Waals surface area contributed by atoms with Crippen LogP contribution < -0.4 is 0 Å². The first-order chi connectivity index (χ1) is 8.69. The van der Waals surface area contributed by atoms with Gasteiger partial charge in [-0.15, -0.1) is 0 Å². The van der Waals surface area contributed by atoms with Crippen LogP contribution >= 0.6 is 34.8 Å². The Morgan fingerprint density at radius 1 is 1.32 bits per heavy atom. The molecule has 112 valence electrons. The van der Waals surface area contributed by atoms with Crippen molar-refractivity contribution in [3.63, 3.8) is 0 Å². The third kappa shape index (κ3) is 6.55. The summed E-state index contributed by atoms with van der Waals surface area (Å²) < 4.78 is 4.24. The minimum Gasteiger partial charge on any atom is -0.462 e. The van der Waals surface area contributed by atoms with Gasteiger partial charge in [-0.3, -0.25) is 4.79 Å². The first kappa shape index (κ1) is 17.4. The highest BCUT2D eigenvalue weighted by atomic mass is 35.6. The van der Waals surface area contributed by atoms with Crippen molar-refractivity contribution in [1.82, 2.24) is 0 Å². The molecule has 0 spiro atoms. The van der Waals surface area contributed by atoms with Crippen LogP contribution in [0.25, 0.3) is 0 Å². The number of hydrogen-bond donors (Lipinski definition) is 0. The lowest BCUT2D eigenvalue weighted by molar-refractivity contribution is -0.156. The van der Waals surface area contributed by atoms with Crippen molar-refractivity contribution in [2.45, 2.75) is 62.8 Å². The van der Waals surface area contributed by atoms with E-state index in [1.165, 1.54) is 6.42 Å². The molecule has 0 aromatic rings. The van der Waals surface area contributed by atoms with Gasteiger partial charge in [-0.2, -0.15) is 0 Å². The Morgan fingerprint density at radius 3 is 2.47 bits per heavy atom. The Hall–Kier alpha value is 0.340. The summed E-state index contributed by atoms with van der Waals surface area (Å²) in [6.45, 7) is 6.57. The van der Waals surface area contributed by atoms with Crippen LogP contribution in [0, 0.1) is 17.8 Å². The predicted molar refractivity (Wildman–Crippen MR) is 80.7 cm³/mol. The number of hydrogen-bond acceptors (Lipinski definition) is 2. The normalized spacial score (nSPS) is 28.5. The smallest absolute Gasteiger partial charge is 0.306 e. The summed E-state index contributed by atoms with van der Waals surface area (Å²) in [5.41, 5.74) is 0. The van der Waals surface area contributed by atoms with E-state index in [2.05, 4.69) is 20.8 Å². The van der Waals surface area contributed by atoms with Gasteiger partial charge in [0.1, 0.15) is 6.10 Å². The molecule has 2 nitrogen and oxygen atoms in total. The molecule has 0 amide bonds. The highest BCUT2D eigenvalue weighted by Gasteiger charge is 2.33. The monoisotopic (exact) mass is 328 g/mol. The number of ether oxygens (including phenoxy) is 1. The molecule has 0 aromatic heterocycles. The summed E-state index contributed by atoms with van der Waals surface area (Å²) in [4.78, 5) is 11.8. The van der Waals surface area contributed by atoms with Crippen LogP contribution in [0.5, 0.6) is 0 Å². The molecule has 0 heterocycles. The summed E-state index contributed by atoms with van der Waals surface area (Å²) in [5, 5.41) is 0. The third-order valence-corrected chi connectivity index (χ3v) is 4.42. The molecule has 1 aliphatic rings. The van der Waals surface area contributed by atoms with Gasteiger partial charge in [0.15, 0.2) is 3.79 Å². The minimum atomic E-state index is -1.38. The maximum atomic E-state index is 11.8. The van der Waals surface area contributed by atoms with Crippen molar-refractivity contribution >= 4 is 40.8 Å². The van der Waals surface area contributed by atoms with E-state index < -0.39 is 3.79 Å². The van der Waals surface area contributed by atoms with Gasteiger partial charge in [0, 0.05) is 12.8 Å². The second kappa shape index (κ2) is 7.38. The van der Waals surface area contributed by atoms with Crippen molar-refractivity contribution in [3.8, 4) is 0 Å². The van der Waals surface area contributed by atoms with Crippen LogP contribution in [0.1, 0.15) is 52.9 Å². The summed E-state index contributed by atoms with van der Waals surface area (Å²) >= 11 is 16.9. The summed E-state index contributed by atoms with van der Waals surface area (Å²) in [5.74, 6) is 1.34. The van der Waals surface area contributed by atoms with E-state index in [9.17, 15) is 4.79 Å². The van der Waals surface area contributed by atoms with E-state index in [1.54, 1.807) is 0 Å². The van der Waals surface area contributed by atoms with Gasteiger partial charge in [0.25, 0.3) is 0 Å². The lowest BCUT2D eigenvalue weighted by atomic mass is 9.75. The molecule has 19 heavy (non-hydrogen) atoms. The Morgan fingerprint density at radius 2 is 1.95 bits per heavy atom. The number of carbonyl (C=O) groups excluding carboxylic acids is 1. The van der Waals surface area contributed by atoms with Gasteiger partial charge in [0.2, 0.25) is 0 Å². The van der Waals surface area contributed by atoms with Crippen LogP contribution in [0.4, 0.5) is 0 Å². The van der Waals surface area contributed by atoms with Crippen LogP contribution in [-0.2, 0) is 9.53 Å². The minimum absolute atomic E-state index is 0.0200. The molecule has 1 rings (SSSR count). The standard InChI is InChI=1S/C14H23Cl3O2/c1-9(2)11-5-4-10(3)8-12(11)19-13(18)6-7-14(15,16)17/h9-12H,4-8H2,1-3H3/t10-,11+,12-/m1/s1. The van der Waals surface area contributed by atoms with E-state index in [1.807, 2.05) is 0 Å². The topological polar surface area (TPSA) is 26.3 Å². The zero-order valence-electron chi connectivity index (χ0n) is 11.8. The van der Waals surface area contributed by atoms with E-state index in [0.717, 1.165) is 12.8 Å². The van der Waals surface area contributed by atoms with Gasteiger partial charge in [-0.25, -0.2) is 0 Å². The third-order valence-electron chi connectivity index (χ3n) is 3.86. The zero-order valence-corrected chi connectivity index (χ0v) is 14.1. The molecule has 0 unspecified atom stereocenters. The maximum Gasteiger partial charge on any atom is 0.306 e. The van der Waals surface area contributed by atoms with Gasteiger partial charge in [-0.05, 0) is 30.6 Å².